The van der Waals surface area contributed by atoms with E-state index in [1.165, 1.54) is 0 Å². The second kappa shape index (κ2) is 8.18. The van der Waals surface area contributed by atoms with E-state index in [1.807, 2.05) is 13.8 Å². The first-order chi connectivity index (χ1) is 13.0. The average Bonchev–Trinajstić information content (AvgIpc) is 3.02. The Balaban J connectivity index is 1.57. The molecule has 1 aliphatic heterocycles. The van der Waals surface area contributed by atoms with Crippen LogP contribution in [0.25, 0.3) is 0 Å². The molecule has 1 atom stereocenters. The van der Waals surface area contributed by atoms with Crippen LogP contribution in [0.3, 0.4) is 0 Å². The number of hydrogen-bond donors (Lipinski definition) is 2. The van der Waals surface area contributed by atoms with Gasteiger partial charge in [0.05, 0.1) is 11.7 Å². The lowest BCUT2D eigenvalue weighted by molar-refractivity contribution is 0.0535. The molecule has 0 aromatic heterocycles. The number of amides is 1. The fourth-order valence-corrected chi connectivity index (χ4v) is 2.76. The molecule has 0 saturated carbocycles. The van der Waals surface area contributed by atoms with Crippen molar-refractivity contribution in [3.63, 3.8) is 0 Å². The summed E-state index contributed by atoms with van der Waals surface area (Å²) >= 11 is 5.20. The zero-order valence-electron chi connectivity index (χ0n) is 15.1. The Labute approximate surface area is 162 Å². The second-order valence-corrected chi connectivity index (χ2v) is 6.63. The summed E-state index contributed by atoms with van der Waals surface area (Å²) in [6.45, 7) is 4.28. The van der Waals surface area contributed by atoms with Crippen LogP contribution in [0, 0.1) is 0 Å². The van der Waals surface area contributed by atoms with Crippen LogP contribution in [0.15, 0.2) is 42.5 Å². The molecule has 1 unspecified atom stereocenters. The number of fused-ring (bicyclic) bond motifs is 1. The topological polar surface area (TPSA) is 76.7 Å². The Morgan fingerprint density at radius 1 is 1.26 bits per heavy atom. The smallest absolute Gasteiger partial charge is 0.338 e. The fraction of sp³-hybridized carbons (Fsp3) is 0.250. The van der Waals surface area contributed by atoms with Gasteiger partial charge in [-0.15, -0.1) is 0 Å². The Hall–Kier alpha value is -2.93. The van der Waals surface area contributed by atoms with Gasteiger partial charge in [-0.1, -0.05) is 6.92 Å². The van der Waals surface area contributed by atoms with Gasteiger partial charge in [-0.2, -0.15) is 0 Å². The van der Waals surface area contributed by atoms with Crippen LogP contribution >= 0.6 is 12.2 Å². The van der Waals surface area contributed by atoms with Crippen molar-refractivity contribution in [3.05, 3.63) is 59.2 Å². The first-order valence-electron chi connectivity index (χ1n) is 8.65. The van der Waals surface area contributed by atoms with Gasteiger partial charge in [0.2, 0.25) is 0 Å². The van der Waals surface area contributed by atoms with Gasteiger partial charge in [0.25, 0.3) is 5.91 Å². The lowest BCUT2D eigenvalue weighted by Gasteiger charge is -2.13. The van der Waals surface area contributed by atoms with Gasteiger partial charge in [-0.3, -0.25) is 10.1 Å². The minimum Gasteiger partial charge on any atom is -0.491 e. The Morgan fingerprint density at radius 3 is 2.70 bits per heavy atom. The summed E-state index contributed by atoms with van der Waals surface area (Å²) in [6, 6.07) is 12.1. The largest absolute Gasteiger partial charge is 0.491 e. The van der Waals surface area contributed by atoms with E-state index in [1.54, 1.807) is 42.5 Å². The number of ether oxygens (including phenoxy) is 2. The molecule has 0 saturated heterocycles. The van der Waals surface area contributed by atoms with Crippen molar-refractivity contribution in [2.75, 3.05) is 5.32 Å². The second-order valence-electron chi connectivity index (χ2n) is 6.22. The predicted molar refractivity (Wildman–Crippen MR) is 106 cm³/mol. The van der Waals surface area contributed by atoms with E-state index < -0.39 is 0 Å². The number of cyclic esters (lactones) is 1. The van der Waals surface area contributed by atoms with Crippen molar-refractivity contribution in [2.45, 2.75) is 33.0 Å². The van der Waals surface area contributed by atoms with Crippen molar-refractivity contribution >= 4 is 34.9 Å². The highest BCUT2D eigenvalue weighted by Crippen LogP contribution is 2.23. The van der Waals surface area contributed by atoms with E-state index in [2.05, 4.69) is 10.6 Å². The molecule has 0 aliphatic carbocycles. The third-order valence-corrected chi connectivity index (χ3v) is 4.40. The molecule has 2 aromatic rings. The maximum Gasteiger partial charge on any atom is 0.338 e. The van der Waals surface area contributed by atoms with Crippen LogP contribution in [0.2, 0.25) is 0 Å². The van der Waals surface area contributed by atoms with Crippen LogP contribution in [0.1, 0.15) is 46.5 Å². The Bertz CT molecular complexity index is 880. The zero-order chi connectivity index (χ0) is 19.4. The van der Waals surface area contributed by atoms with E-state index in [-0.39, 0.29) is 29.7 Å². The molecule has 0 bridgehead atoms. The third kappa shape index (κ3) is 4.62. The number of hydrogen-bond acceptors (Lipinski definition) is 5. The molecule has 1 aliphatic rings. The number of thiocarbonyl (C=S) groups is 1. The van der Waals surface area contributed by atoms with Gasteiger partial charge >= 0.3 is 5.97 Å². The lowest BCUT2D eigenvalue weighted by Crippen LogP contribution is -2.34. The first kappa shape index (κ1) is 18.8. The molecule has 3 rings (SSSR count). The molecule has 1 amide bonds. The van der Waals surface area contributed by atoms with Crippen molar-refractivity contribution in [3.8, 4) is 5.75 Å². The summed E-state index contributed by atoms with van der Waals surface area (Å²) < 4.78 is 10.7. The van der Waals surface area contributed by atoms with Crippen molar-refractivity contribution in [1.82, 2.24) is 5.32 Å². The molecule has 7 heteroatoms. The normalized spacial score (nSPS) is 13.3. The highest BCUT2D eigenvalue weighted by molar-refractivity contribution is 7.80. The number of esters is 1. The standard InChI is InChI=1S/C20H20N2O4S/c1-3-12(2)26-16-7-4-13(5-8-16)18(23)22-20(27)21-15-6-9-17-14(10-15)11-25-19(17)24/h4-10,12H,3,11H2,1-2H3,(H2,21,22,23,27). The van der Waals surface area contributed by atoms with E-state index in [9.17, 15) is 9.59 Å². The maximum atomic E-state index is 12.3. The number of carbonyl (C=O) groups excluding carboxylic acids is 2. The Morgan fingerprint density at radius 2 is 2.00 bits per heavy atom. The summed E-state index contributed by atoms with van der Waals surface area (Å²) in [7, 11) is 0. The SMILES string of the molecule is CCC(C)Oc1ccc(C(=O)NC(=S)Nc2ccc3c(c2)COC3=O)cc1. The highest BCUT2D eigenvalue weighted by Gasteiger charge is 2.21. The van der Waals surface area contributed by atoms with Crippen LogP contribution in [-0.2, 0) is 11.3 Å². The van der Waals surface area contributed by atoms with E-state index in [0.29, 0.717) is 16.8 Å². The molecule has 6 nitrogen and oxygen atoms in total. The van der Waals surface area contributed by atoms with E-state index >= 15 is 0 Å². The lowest BCUT2D eigenvalue weighted by atomic mass is 10.1. The van der Waals surface area contributed by atoms with Gasteiger partial charge in [-0.05, 0) is 68.0 Å². The van der Waals surface area contributed by atoms with Crippen LogP contribution in [-0.4, -0.2) is 23.1 Å². The fourth-order valence-electron chi connectivity index (χ4n) is 2.55. The number of benzene rings is 2. The molecule has 0 spiro atoms. The minimum atomic E-state index is -0.326. The van der Waals surface area contributed by atoms with Crippen LogP contribution in [0.4, 0.5) is 5.69 Å². The van der Waals surface area contributed by atoms with Gasteiger partial charge in [-0.25, -0.2) is 4.79 Å². The monoisotopic (exact) mass is 384 g/mol. The van der Waals surface area contributed by atoms with Gasteiger partial charge in [0.15, 0.2) is 5.11 Å². The third-order valence-electron chi connectivity index (χ3n) is 4.20. The van der Waals surface area contributed by atoms with Crippen LogP contribution < -0.4 is 15.4 Å². The predicted octanol–water partition coefficient (Wildman–Crippen LogP) is 3.66. The molecule has 2 aromatic carbocycles. The van der Waals surface area contributed by atoms with Crippen molar-refractivity contribution < 1.29 is 19.1 Å². The molecule has 140 valence electrons. The molecular formula is C20H20N2O4S. The number of nitrogens with one attached hydrogen (secondary N) is 2. The number of rotatable bonds is 5. The van der Waals surface area contributed by atoms with Crippen LogP contribution in [0.5, 0.6) is 5.75 Å². The maximum absolute atomic E-state index is 12.3. The minimum absolute atomic E-state index is 0.120. The summed E-state index contributed by atoms with van der Waals surface area (Å²) in [5.74, 6) is 0.0759. The average molecular weight is 384 g/mol. The quantitative estimate of drug-likeness (QED) is 0.605. The summed E-state index contributed by atoms with van der Waals surface area (Å²) in [5, 5.41) is 5.75. The molecule has 0 radical (unpaired) electrons. The Kier molecular flexibility index (Phi) is 5.71. The molecule has 1 heterocycles. The highest BCUT2D eigenvalue weighted by atomic mass is 32.1. The molecule has 27 heavy (non-hydrogen) atoms. The zero-order valence-corrected chi connectivity index (χ0v) is 15.9. The van der Waals surface area contributed by atoms with Gasteiger partial charge < -0.3 is 14.8 Å². The summed E-state index contributed by atoms with van der Waals surface area (Å²) in [5.41, 5.74) is 2.49. The van der Waals surface area contributed by atoms with Crippen molar-refractivity contribution in [1.29, 1.82) is 0 Å². The number of anilines is 1. The number of carbonyl (C=O) groups is 2. The van der Waals surface area contributed by atoms with E-state index in [0.717, 1.165) is 17.7 Å². The molecular weight excluding hydrogens is 364 g/mol. The van der Waals surface area contributed by atoms with E-state index in [4.69, 9.17) is 21.7 Å². The molecule has 0 fully saturated rings. The first-order valence-corrected chi connectivity index (χ1v) is 9.06. The summed E-state index contributed by atoms with van der Waals surface area (Å²) in [4.78, 5) is 23.8. The van der Waals surface area contributed by atoms with Gasteiger partial charge in [0.1, 0.15) is 12.4 Å². The van der Waals surface area contributed by atoms with Crippen molar-refractivity contribution in [2.24, 2.45) is 0 Å². The molecule has 2 N–H and O–H groups in total. The van der Waals surface area contributed by atoms with Gasteiger partial charge in [0, 0.05) is 16.8 Å². The summed E-state index contributed by atoms with van der Waals surface area (Å²) in [6.07, 6.45) is 1.03.